The second-order valence-electron chi connectivity index (χ2n) is 6.03. The minimum Gasteiger partial charge on any atom is -0.386 e. The highest BCUT2D eigenvalue weighted by Crippen LogP contribution is 2.32. The number of aromatic nitrogens is 1. The Bertz CT molecular complexity index is 570. The number of hydrogen-bond donors (Lipinski definition) is 1. The Morgan fingerprint density at radius 1 is 1.30 bits per heavy atom. The van der Waals surface area contributed by atoms with Gasteiger partial charge in [0.25, 0.3) is 10.0 Å². The highest BCUT2D eigenvalue weighted by molar-refractivity contribution is 7.89. The summed E-state index contributed by atoms with van der Waals surface area (Å²) in [5.74, 6) is 0. The van der Waals surface area contributed by atoms with E-state index in [0.717, 1.165) is 19.3 Å². The zero-order chi connectivity index (χ0) is 14.8. The highest BCUT2D eigenvalue weighted by atomic mass is 32.2. The summed E-state index contributed by atoms with van der Waals surface area (Å²) < 4.78 is 27.1. The van der Waals surface area contributed by atoms with Crippen LogP contribution in [0.5, 0.6) is 0 Å². The van der Waals surface area contributed by atoms with E-state index < -0.39 is 10.0 Å². The molecule has 5 nitrogen and oxygen atoms in total. The van der Waals surface area contributed by atoms with E-state index in [2.05, 4.69) is 24.1 Å². The van der Waals surface area contributed by atoms with Crippen LogP contribution in [0, 0.1) is 5.41 Å². The maximum atomic E-state index is 12.8. The molecule has 0 saturated carbocycles. The van der Waals surface area contributed by atoms with Gasteiger partial charge in [-0.2, -0.15) is 4.31 Å². The first kappa shape index (κ1) is 15.3. The Morgan fingerprint density at radius 2 is 2.05 bits per heavy atom. The molecule has 2 rings (SSSR count). The van der Waals surface area contributed by atoms with Crippen molar-refractivity contribution < 1.29 is 8.42 Å². The lowest BCUT2D eigenvalue weighted by molar-refractivity contribution is 0.314. The van der Waals surface area contributed by atoms with E-state index in [0.29, 0.717) is 18.8 Å². The molecule has 112 valence electrons. The quantitative estimate of drug-likeness (QED) is 0.930. The smallest absolute Gasteiger partial charge is 0.262 e. The Hall–Kier alpha value is -1.14. The molecule has 1 aliphatic rings. The monoisotopic (exact) mass is 297 g/mol. The third-order valence-corrected chi connectivity index (χ3v) is 5.78. The molecule has 0 radical (unpaired) electrons. The average molecular weight is 297 g/mol. The third kappa shape index (κ3) is 3.12. The molecular formula is C14H23N3O2S. The molecule has 1 aromatic rings. The van der Waals surface area contributed by atoms with Crippen molar-refractivity contribution in [1.29, 1.82) is 0 Å². The molecule has 6 heteroatoms. The molecule has 2 heterocycles. The summed E-state index contributed by atoms with van der Waals surface area (Å²) in [4.78, 5) is 4.07. The fraction of sp³-hybridized carbons (Fsp3) is 0.643. The molecule has 1 N–H and O–H groups in total. The van der Waals surface area contributed by atoms with Crippen LogP contribution in [0.2, 0.25) is 0 Å². The van der Waals surface area contributed by atoms with Gasteiger partial charge in [0.2, 0.25) is 0 Å². The van der Waals surface area contributed by atoms with Gasteiger partial charge in [-0.1, -0.05) is 13.8 Å². The van der Waals surface area contributed by atoms with Gasteiger partial charge in [0.15, 0.2) is 5.03 Å². The lowest BCUT2D eigenvalue weighted by Crippen LogP contribution is -2.33. The first-order chi connectivity index (χ1) is 9.37. The molecule has 1 fully saturated rings. The van der Waals surface area contributed by atoms with E-state index >= 15 is 0 Å². The Balaban J connectivity index is 2.30. The second kappa shape index (κ2) is 5.69. The van der Waals surface area contributed by atoms with Crippen molar-refractivity contribution in [3.8, 4) is 0 Å². The van der Waals surface area contributed by atoms with Gasteiger partial charge in [-0.15, -0.1) is 0 Å². The largest absolute Gasteiger partial charge is 0.386 e. The number of nitrogens with one attached hydrogen (secondary N) is 1. The van der Waals surface area contributed by atoms with Gasteiger partial charge in [-0.25, -0.2) is 13.4 Å². The summed E-state index contributed by atoms with van der Waals surface area (Å²) in [6, 6.07) is 3.47. The van der Waals surface area contributed by atoms with E-state index in [-0.39, 0.29) is 10.4 Å². The number of pyridine rings is 1. The van der Waals surface area contributed by atoms with Gasteiger partial charge >= 0.3 is 0 Å². The van der Waals surface area contributed by atoms with Gasteiger partial charge in [-0.05, 0) is 36.8 Å². The molecule has 0 bridgehead atoms. The lowest BCUT2D eigenvalue weighted by Gasteiger charge is -2.23. The van der Waals surface area contributed by atoms with E-state index in [9.17, 15) is 8.42 Å². The predicted molar refractivity (Wildman–Crippen MR) is 80.2 cm³/mol. The van der Waals surface area contributed by atoms with Crippen molar-refractivity contribution in [2.24, 2.45) is 5.41 Å². The van der Waals surface area contributed by atoms with Crippen LogP contribution in [0.4, 0.5) is 5.69 Å². The van der Waals surface area contributed by atoms with Crippen molar-refractivity contribution in [1.82, 2.24) is 9.29 Å². The number of rotatable bonds is 3. The zero-order valence-corrected chi connectivity index (χ0v) is 13.2. The van der Waals surface area contributed by atoms with Gasteiger partial charge < -0.3 is 5.32 Å². The number of sulfonamides is 1. The molecule has 0 unspecified atom stereocenters. The summed E-state index contributed by atoms with van der Waals surface area (Å²) in [5.41, 5.74) is 0.760. The standard InChI is InChI=1S/C14H23N3O2S/c1-14(2)7-5-10-17(11-8-14)20(18,19)13-12(15-3)6-4-9-16-13/h4,6,9,15H,5,7-8,10-11H2,1-3H3. The number of nitrogens with zero attached hydrogens (tertiary/aromatic N) is 2. The molecule has 20 heavy (non-hydrogen) atoms. The predicted octanol–water partition coefficient (Wildman–Crippen LogP) is 2.32. The van der Waals surface area contributed by atoms with Gasteiger partial charge in [0.05, 0.1) is 5.69 Å². The Labute approximate surface area is 121 Å². The Kier molecular flexibility index (Phi) is 4.34. The molecular weight excluding hydrogens is 274 g/mol. The molecule has 0 amide bonds. The minimum atomic E-state index is -3.52. The van der Waals surface area contributed by atoms with Crippen LogP contribution in [0.15, 0.2) is 23.4 Å². The summed E-state index contributed by atoms with van der Waals surface area (Å²) in [5, 5.41) is 3.03. The molecule has 1 aromatic heterocycles. The van der Waals surface area contributed by atoms with E-state index in [4.69, 9.17) is 0 Å². The molecule has 0 aliphatic carbocycles. The summed E-state index contributed by atoms with van der Waals surface area (Å²) in [7, 11) is -1.81. The summed E-state index contributed by atoms with van der Waals surface area (Å²) in [6.45, 7) is 5.53. The van der Waals surface area contributed by atoms with Crippen molar-refractivity contribution in [2.75, 3.05) is 25.5 Å². The van der Waals surface area contributed by atoms with E-state index in [1.165, 1.54) is 6.20 Å². The van der Waals surface area contributed by atoms with Gasteiger partial charge in [0.1, 0.15) is 0 Å². The van der Waals surface area contributed by atoms with Gasteiger partial charge in [0, 0.05) is 26.3 Å². The van der Waals surface area contributed by atoms with Crippen molar-refractivity contribution in [3.05, 3.63) is 18.3 Å². The van der Waals surface area contributed by atoms with Crippen molar-refractivity contribution in [2.45, 2.75) is 38.1 Å². The first-order valence-corrected chi connectivity index (χ1v) is 8.44. The molecule has 0 aromatic carbocycles. The van der Waals surface area contributed by atoms with Crippen LogP contribution in [0.3, 0.4) is 0 Å². The van der Waals surface area contributed by atoms with Crippen LogP contribution in [0.1, 0.15) is 33.1 Å². The Morgan fingerprint density at radius 3 is 2.75 bits per heavy atom. The fourth-order valence-corrected chi connectivity index (χ4v) is 4.14. The fourth-order valence-electron chi connectivity index (χ4n) is 2.55. The minimum absolute atomic E-state index is 0.127. The van der Waals surface area contributed by atoms with Gasteiger partial charge in [-0.3, -0.25) is 0 Å². The topological polar surface area (TPSA) is 62.3 Å². The third-order valence-electron chi connectivity index (χ3n) is 3.92. The molecule has 0 spiro atoms. The van der Waals surface area contributed by atoms with Crippen LogP contribution in [-0.2, 0) is 10.0 Å². The SMILES string of the molecule is CNc1cccnc1S(=O)(=O)N1CCCC(C)(C)CC1. The van der Waals surface area contributed by atoms with Crippen molar-refractivity contribution >= 4 is 15.7 Å². The molecule has 1 saturated heterocycles. The maximum absolute atomic E-state index is 12.8. The molecule has 1 aliphatic heterocycles. The van der Waals surface area contributed by atoms with Crippen LogP contribution in [0.25, 0.3) is 0 Å². The van der Waals surface area contributed by atoms with Crippen LogP contribution >= 0.6 is 0 Å². The normalized spacial score (nSPS) is 20.4. The van der Waals surface area contributed by atoms with E-state index in [1.54, 1.807) is 23.5 Å². The summed E-state index contributed by atoms with van der Waals surface area (Å²) >= 11 is 0. The van der Waals surface area contributed by atoms with Crippen molar-refractivity contribution in [3.63, 3.8) is 0 Å². The highest BCUT2D eigenvalue weighted by Gasteiger charge is 2.32. The average Bonchev–Trinajstić information content (AvgIpc) is 2.60. The zero-order valence-electron chi connectivity index (χ0n) is 12.4. The maximum Gasteiger partial charge on any atom is 0.262 e. The number of anilines is 1. The summed E-state index contributed by atoms with van der Waals surface area (Å²) in [6.07, 6.45) is 4.36. The lowest BCUT2D eigenvalue weighted by atomic mass is 9.85. The van der Waals surface area contributed by atoms with Crippen LogP contribution in [-0.4, -0.2) is 37.8 Å². The molecule has 0 atom stereocenters. The number of hydrogen-bond acceptors (Lipinski definition) is 4. The second-order valence-corrected chi connectivity index (χ2v) is 7.88. The van der Waals surface area contributed by atoms with Crippen LogP contribution < -0.4 is 5.32 Å². The van der Waals surface area contributed by atoms with E-state index in [1.807, 2.05) is 0 Å². The first-order valence-electron chi connectivity index (χ1n) is 7.00.